The van der Waals surface area contributed by atoms with Gasteiger partial charge in [-0.05, 0) is 36.4 Å². The lowest BCUT2D eigenvalue weighted by Gasteiger charge is -2.14. The van der Waals surface area contributed by atoms with Crippen molar-refractivity contribution in [3.63, 3.8) is 0 Å². The SMILES string of the molecule is CC(C)(C)c1nc(-c2cccc(NS(=O)(=O)c3cc(F)ccc3F)c2F)c(-c2ccnc(NCC(F)F)n2)s1. The second-order valence-corrected chi connectivity index (χ2v) is 12.0. The van der Waals surface area contributed by atoms with Crippen molar-refractivity contribution in [2.75, 3.05) is 16.6 Å². The van der Waals surface area contributed by atoms with Gasteiger partial charge in [0, 0.05) is 17.2 Å². The maximum atomic E-state index is 15.8. The molecule has 0 radical (unpaired) electrons. The fourth-order valence-corrected chi connectivity index (χ4v) is 5.67. The van der Waals surface area contributed by atoms with Crippen LogP contribution in [-0.4, -0.2) is 36.3 Å². The van der Waals surface area contributed by atoms with E-state index in [1.54, 1.807) is 0 Å². The zero-order chi connectivity index (χ0) is 28.5. The molecule has 0 fully saturated rings. The average Bonchev–Trinajstić information content (AvgIpc) is 3.31. The molecule has 4 rings (SSSR count). The first kappa shape index (κ1) is 28.4. The third kappa shape index (κ3) is 6.33. The molecule has 0 bridgehead atoms. The van der Waals surface area contributed by atoms with Gasteiger partial charge in [-0.25, -0.2) is 45.3 Å². The number of hydrogen-bond donors (Lipinski definition) is 2. The van der Waals surface area contributed by atoms with Crippen molar-refractivity contribution < 1.29 is 30.4 Å². The van der Waals surface area contributed by atoms with Crippen molar-refractivity contribution in [3.05, 3.63) is 71.1 Å². The van der Waals surface area contributed by atoms with Crippen molar-refractivity contribution in [1.82, 2.24) is 15.0 Å². The van der Waals surface area contributed by atoms with Gasteiger partial charge in [0.2, 0.25) is 5.95 Å². The molecule has 0 aliphatic carbocycles. The summed E-state index contributed by atoms with van der Waals surface area (Å²) in [4.78, 5) is 12.2. The predicted molar refractivity (Wildman–Crippen MR) is 139 cm³/mol. The predicted octanol–water partition coefficient (Wildman–Crippen LogP) is 6.46. The van der Waals surface area contributed by atoms with E-state index < -0.39 is 56.4 Å². The third-order valence-electron chi connectivity index (χ3n) is 5.25. The summed E-state index contributed by atoms with van der Waals surface area (Å²) in [6.45, 7) is 5.01. The molecule has 7 nitrogen and oxygen atoms in total. The van der Waals surface area contributed by atoms with Gasteiger partial charge in [-0.1, -0.05) is 26.8 Å². The maximum absolute atomic E-state index is 15.8. The number of aromatic nitrogens is 3. The maximum Gasteiger partial charge on any atom is 0.265 e. The normalized spacial score (nSPS) is 12.1. The number of nitrogens with one attached hydrogen (secondary N) is 2. The van der Waals surface area contributed by atoms with E-state index >= 15 is 4.39 Å². The van der Waals surface area contributed by atoms with Crippen LogP contribution in [0.1, 0.15) is 25.8 Å². The van der Waals surface area contributed by atoms with Gasteiger partial charge >= 0.3 is 0 Å². The van der Waals surface area contributed by atoms with Crippen LogP contribution in [0.5, 0.6) is 0 Å². The quantitative estimate of drug-likeness (QED) is 0.231. The van der Waals surface area contributed by atoms with E-state index in [1.165, 1.54) is 35.7 Å². The van der Waals surface area contributed by atoms with Gasteiger partial charge in [0.1, 0.15) is 16.5 Å². The molecule has 2 N–H and O–H groups in total. The summed E-state index contributed by atoms with van der Waals surface area (Å²) in [5.74, 6) is -3.28. The Morgan fingerprint density at radius 3 is 2.46 bits per heavy atom. The number of hydrogen-bond acceptors (Lipinski definition) is 7. The molecule has 0 saturated carbocycles. The lowest BCUT2D eigenvalue weighted by atomic mass is 9.98. The lowest BCUT2D eigenvalue weighted by molar-refractivity contribution is 0.163. The molecule has 2 heterocycles. The first-order valence-electron chi connectivity index (χ1n) is 11.4. The Morgan fingerprint density at radius 1 is 1.03 bits per heavy atom. The van der Waals surface area contributed by atoms with Gasteiger partial charge in [-0.3, -0.25) is 4.72 Å². The van der Waals surface area contributed by atoms with Crippen LogP contribution in [0.15, 0.2) is 53.6 Å². The van der Waals surface area contributed by atoms with Gasteiger partial charge in [0.15, 0.2) is 5.82 Å². The summed E-state index contributed by atoms with van der Waals surface area (Å²) < 4.78 is 96.4. The van der Waals surface area contributed by atoms with E-state index in [1.807, 2.05) is 25.5 Å². The second-order valence-electron chi connectivity index (χ2n) is 9.33. The van der Waals surface area contributed by atoms with Crippen molar-refractivity contribution in [2.45, 2.75) is 37.5 Å². The van der Waals surface area contributed by atoms with Gasteiger partial charge in [0.05, 0.1) is 33.5 Å². The summed E-state index contributed by atoms with van der Waals surface area (Å²) in [5.41, 5.74) is -0.686. The fourth-order valence-electron chi connectivity index (χ4n) is 3.41. The molecule has 2 aromatic heterocycles. The Hall–Kier alpha value is -3.65. The van der Waals surface area contributed by atoms with Crippen molar-refractivity contribution in [3.8, 4) is 21.8 Å². The summed E-state index contributed by atoms with van der Waals surface area (Å²) >= 11 is 1.20. The highest BCUT2D eigenvalue weighted by atomic mass is 32.2. The second kappa shape index (κ2) is 10.8. The van der Waals surface area contributed by atoms with Gasteiger partial charge in [-0.2, -0.15) is 0 Å². The number of thiazole rings is 1. The number of halogens is 5. The molecule has 0 aliphatic heterocycles. The zero-order valence-electron chi connectivity index (χ0n) is 20.8. The summed E-state index contributed by atoms with van der Waals surface area (Å²) in [6, 6.07) is 7.27. The highest BCUT2D eigenvalue weighted by Gasteiger charge is 2.27. The van der Waals surface area contributed by atoms with E-state index in [-0.39, 0.29) is 22.9 Å². The Bertz CT molecular complexity index is 1620. The molecule has 39 heavy (non-hydrogen) atoms. The Kier molecular flexibility index (Phi) is 7.89. The molecule has 0 spiro atoms. The van der Waals surface area contributed by atoms with Gasteiger partial charge < -0.3 is 5.32 Å². The Morgan fingerprint density at radius 2 is 1.77 bits per heavy atom. The summed E-state index contributed by atoms with van der Waals surface area (Å²) in [5, 5.41) is 3.02. The van der Waals surface area contributed by atoms with E-state index in [2.05, 4.69) is 20.3 Å². The number of anilines is 2. The van der Waals surface area contributed by atoms with Gasteiger partial charge in [-0.15, -0.1) is 11.3 Å². The van der Waals surface area contributed by atoms with Crippen molar-refractivity contribution in [2.24, 2.45) is 0 Å². The minimum atomic E-state index is -4.70. The molecule has 206 valence electrons. The molecule has 0 saturated heterocycles. The van der Waals surface area contributed by atoms with E-state index in [0.29, 0.717) is 22.0 Å². The Labute approximate surface area is 225 Å². The number of benzene rings is 2. The van der Waals surface area contributed by atoms with Crippen LogP contribution in [0.25, 0.3) is 21.8 Å². The summed E-state index contributed by atoms with van der Waals surface area (Å²) in [6.07, 6.45) is -1.28. The molecule has 0 unspecified atom stereocenters. The van der Waals surface area contributed by atoms with Crippen molar-refractivity contribution >= 4 is 33.0 Å². The fraction of sp³-hybridized carbons (Fsp3) is 0.240. The first-order valence-corrected chi connectivity index (χ1v) is 13.7. The van der Waals surface area contributed by atoms with Crippen LogP contribution < -0.4 is 10.0 Å². The van der Waals surface area contributed by atoms with Crippen LogP contribution in [0.3, 0.4) is 0 Å². The first-order chi connectivity index (χ1) is 18.3. The van der Waals surface area contributed by atoms with E-state index in [4.69, 9.17) is 0 Å². The average molecular weight is 584 g/mol. The third-order valence-corrected chi connectivity index (χ3v) is 8.14. The molecule has 2 aromatic carbocycles. The number of alkyl halides is 2. The van der Waals surface area contributed by atoms with Crippen LogP contribution in [0.2, 0.25) is 0 Å². The molecule has 4 aromatic rings. The van der Waals surface area contributed by atoms with Gasteiger partial charge in [0.25, 0.3) is 16.4 Å². The standard InChI is InChI=1S/C25H22F5N5O2S2/c1-25(2,3)23-34-21(22(38-23)17-9-10-31-24(33-17)32-12-19(28)29)14-5-4-6-16(20(14)30)35-39(36,37)18-11-13(26)7-8-15(18)27/h4-11,19,35H,12H2,1-3H3,(H,31,32,33). The molecule has 0 amide bonds. The minimum absolute atomic E-state index is 0.0661. The van der Waals surface area contributed by atoms with Crippen LogP contribution in [0, 0.1) is 17.5 Å². The number of sulfonamides is 1. The highest BCUT2D eigenvalue weighted by Crippen LogP contribution is 2.42. The molecule has 14 heteroatoms. The molecule has 0 atom stereocenters. The van der Waals surface area contributed by atoms with Crippen molar-refractivity contribution in [1.29, 1.82) is 0 Å². The molecular weight excluding hydrogens is 561 g/mol. The molecule has 0 aliphatic rings. The lowest BCUT2D eigenvalue weighted by Crippen LogP contribution is -2.16. The Balaban J connectivity index is 1.81. The largest absolute Gasteiger partial charge is 0.348 e. The highest BCUT2D eigenvalue weighted by molar-refractivity contribution is 7.92. The number of nitrogens with zero attached hydrogens (tertiary/aromatic N) is 3. The monoisotopic (exact) mass is 583 g/mol. The van der Waals surface area contributed by atoms with E-state index in [9.17, 15) is 26.0 Å². The topological polar surface area (TPSA) is 96.9 Å². The molecular formula is C25H22F5N5O2S2. The summed E-state index contributed by atoms with van der Waals surface area (Å²) in [7, 11) is -4.70. The zero-order valence-corrected chi connectivity index (χ0v) is 22.4. The number of rotatable bonds is 8. The van der Waals surface area contributed by atoms with E-state index in [0.717, 1.165) is 12.1 Å². The van der Waals surface area contributed by atoms with Crippen LogP contribution in [0.4, 0.5) is 33.6 Å². The smallest absolute Gasteiger partial charge is 0.265 e. The minimum Gasteiger partial charge on any atom is -0.348 e. The van der Waals surface area contributed by atoms with Crippen LogP contribution in [-0.2, 0) is 15.4 Å². The van der Waals surface area contributed by atoms with Crippen LogP contribution >= 0.6 is 11.3 Å².